The third-order valence-corrected chi connectivity index (χ3v) is 4.29. The molecule has 0 amide bonds. The maximum atomic E-state index is 5.91. The van der Waals surface area contributed by atoms with E-state index in [-0.39, 0.29) is 6.10 Å². The summed E-state index contributed by atoms with van der Waals surface area (Å²) in [5.41, 5.74) is 2.63. The number of fused-ring (bicyclic) bond motifs is 1. The number of rotatable bonds is 4. The topological polar surface area (TPSA) is 96.8 Å². The van der Waals surface area contributed by atoms with E-state index in [2.05, 4.69) is 35.3 Å². The number of morpholine rings is 1. The van der Waals surface area contributed by atoms with Gasteiger partial charge >= 0.3 is 0 Å². The zero-order chi connectivity index (χ0) is 16.5. The van der Waals surface area contributed by atoms with Gasteiger partial charge < -0.3 is 15.0 Å². The summed E-state index contributed by atoms with van der Waals surface area (Å²) in [6, 6.07) is 2.04. The Hall–Kier alpha value is -2.52. The molecule has 0 radical (unpaired) electrons. The number of H-pyrrole nitrogens is 1. The summed E-state index contributed by atoms with van der Waals surface area (Å²) < 4.78 is 7.81. The number of nitrogens with zero attached hydrogens (tertiary/aromatic N) is 6. The molecule has 0 saturated carbocycles. The predicted octanol–water partition coefficient (Wildman–Crippen LogP) is 0.702. The lowest BCUT2D eigenvalue weighted by Gasteiger charge is -2.32. The third kappa shape index (κ3) is 2.72. The van der Waals surface area contributed by atoms with Crippen LogP contribution in [0.2, 0.25) is 0 Å². The van der Waals surface area contributed by atoms with Gasteiger partial charge in [0.2, 0.25) is 0 Å². The fraction of sp³-hybridized carbons (Fsp3) is 0.467. The molecule has 4 rings (SSSR count). The minimum Gasteiger partial charge on any atom is -0.371 e. The zero-order valence-electron chi connectivity index (χ0n) is 13.7. The van der Waals surface area contributed by atoms with Crippen molar-refractivity contribution in [2.45, 2.75) is 12.6 Å². The van der Waals surface area contributed by atoms with Crippen molar-refractivity contribution in [1.29, 1.82) is 0 Å². The molecule has 1 fully saturated rings. The van der Waals surface area contributed by atoms with Crippen molar-refractivity contribution in [3.05, 3.63) is 30.1 Å². The normalized spacial score (nSPS) is 19.0. The van der Waals surface area contributed by atoms with Gasteiger partial charge in [0.1, 0.15) is 11.6 Å². The molecule has 1 aliphatic heterocycles. The minimum absolute atomic E-state index is 0.167. The number of anilines is 1. The number of aromatic nitrogens is 6. The average Bonchev–Trinajstić information content (AvgIpc) is 3.23. The highest BCUT2D eigenvalue weighted by Crippen LogP contribution is 2.24. The molecule has 24 heavy (non-hydrogen) atoms. The molecule has 0 spiro atoms. The number of nitrogens with one attached hydrogen (secondary N) is 2. The first-order valence-corrected chi connectivity index (χ1v) is 7.94. The van der Waals surface area contributed by atoms with Crippen molar-refractivity contribution in [2.24, 2.45) is 7.05 Å². The Balaban J connectivity index is 1.56. The van der Waals surface area contributed by atoms with Crippen LogP contribution in [0.1, 0.15) is 17.6 Å². The molecule has 3 aromatic heterocycles. The number of imidazole rings is 1. The van der Waals surface area contributed by atoms with Gasteiger partial charge in [-0.3, -0.25) is 9.58 Å². The van der Waals surface area contributed by atoms with Crippen LogP contribution >= 0.6 is 0 Å². The lowest BCUT2D eigenvalue weighted by Crippen LogP contribution is -2.38. The molecule has 9 nitrogen and oxygen atoms in total. The van der Waals surface area contributed by atoms with E-state index in [1.165, 1.54) is 5.69 Å². The molecule has 126 valence electrons. The van der Waals surface area contributed by atoms with Gasteiger partial charge in [-0.1, -0.05) is 0 Å². The summed E-state index contributed by atoms with van der Waals surface area (Å²) in [7, 11) is 3.80. The Kier molecular flexibility index (Phi) is 3.87. The van der Waals surface area contributed by atoms with Crippen LogP contribution < -0.4 is 5.32 Å². The molecule has 3 aromatic rings. The van der Waals surface area contributed by atoms with Crippen LogP contribution in [0.25, 0.3) is 11.2 Å². The first-order valence-electron chi connectivity index (χ1n) is 7.94. The molecule has 4 heterocycles. The SMILES string of the molecule is CNc1nc(C2CN(Cc3ccnn3C)CCO2)nc2nc[nH]c12. The quantitative estimate of drug-likeness (QED) is 0.727. The summed E-state index contributed by atoms with van der Waals surface area (Å²) in [5, 5.41) is 7.31. The molecule has 0 aliphatic carbocycles. The fourth-order valence-electron chi connectivity index (χ4n) is 2.96. The lowest BCUT2D eigenvalue weighted by atomic mass is 10.2. The van der Waals surface area contributed by atoms with Gasteiger partial charge in [-0.05, 0) is 6.07 Å². The smallest absolute Gasteiger partial charge is 0.183 e. The molecule has 1 unspecified atom stereocenters. The maximum absolute atomic E-state index is 5.91. The van der Waals surface area contributed by atoms with Gasteiger partial charge in [0.15, 0.2) is 17.3 Å². The van der Waals surface area contributed by atoms with Crippen LogP contribution in [0.5, 0.6) is 0 Å². The lowest BCUT2D eigenvalue weighted by molar-refractivity contribution is -0.0376. The summed E-state index contributed by atoms with van der Waals surface area (Å²) >= 11 is 0. The Morgan fingerprint density at radius 2 is 2.33 bits per heavy atom. The largest absolute Gasteiger partial charge is 0.371 e. The van der Waals surface area contributed by atoms with Crippen molar-refractivity contribution in [3.8, 4) is 0 Å². The first-order chi connectivity index (χ1) is 11.7. The van der Waals surface area contributed by atoms with Crippen LogP contribution in [-0.2, 0) is 18.3 Å². The molecule has 1 saturated heterocycles. The van der Waals surface area contributed by atoms with Crippen molar-refractivity contribution < 1.29 is 4.74 Å². The number of hydrogen-bond donors (Lipinski definition) is 2. The second-order valence-corrected chi connectivity index (χ2v) is 5.82. The van der Waals surface area contributed by atoms with E-state index in [4.69, 9.17) is 4.74 Å². The Morgan fingerprint density at radius 1 is 1.42 bits per heavy atom. The van der Waals surface area contributed by atoms with Crippen LogP contribution in [0.3, 0.4) is 0 Å². The number of hydrogen-bond acceptors (Lipinski definition) is 7. The number of aromatic amines is 1. The molecule has 2 N–H and O–H groups in total. The molecular weight excluding hydrogens is 308 g/mol. The molecule has 0 aromatic carbocycles. The first kappa shape index (κ1) is 15.0. The monoisotopic (exact) mass is 328 g/mol. The van der Waals surface area contributed by atoms with E-state index in [1.807, 2.05) is 31.0 Å². The third-order valence-electron chi connectivity index (χ3n) is 4.29. The maximum Gasteiger partial charge on any atom is 0.183 e. The van der Waals surface area contributed by atoms with Gasteiger partial charge in [0.25, 0.3) is 0 Å². The molecule has 1 atom stereocenters. The average molecular weight is 328 g/mol. The van der Waals surface area contributed by atoms with Gasteiger partial charge in [-0.2, -0.15) is 5.10 Å². The number of ether oxygens (including phenoxy) is 1. The second kappa shape index (κ2) is 6.17. The van der Waals surface area contributed by atoms with Crippen molar-refractivity contribution in [3.63, 3.8) is 0 Å². The fourth-order valence-corrected chi connectivity index (χ4v) is 2.96. The van der Waals surface area contributed by atoms with E-state index in [0.717, 1.165) is 31.0 Å². The molecule has 1 aliphatic rings. The van der Waals surface area contributed by atoms with E-state index in [0.29, 0.717) is 18.1 Å². The molecule has 9 heteroatoms. The van der Waals surface area contributed by atoms with Crippen LogP contribution in [0, 0.1) is 0 Å². The Morgan fingerprint density at radius 3 is 3.12 bits per heavy atom. The van der Waals surface area contributed by atoms with Gasteiger partial charge in [-0.15, -0.1) is 0 Å². The summed E-state index contributed by atoms with van der Waals surface area (Å²) in [6.45, 7) is 3.11. The van der Waals surface area contributed by atoms with Gasteiger partial charge in [0, 0.05) is 39.9 Å². The van der Waals surface area contributed by atoms with Crippen LogP contribution in [0.15, 0.2) is 18.6 Å². The van der Waals surface area contributed by atoms with Crippen molar-refractivity contribution >= 4 is 17.0 Å². The predicted molar refractivity (Wildman–Crippen MR) is 88.4 cm³/mol. The Labute approximate surface area is 139 Å². The molecule has 0 bridgehead atoms. The van der Waals surface area contributed by atoms with Crippen LogP contribution in [0.4, 0.5) is 5.82 Å². The van der Waals surface area contributed by atoms with E-state index < -0.39 is 0 Å². The summed E-state index contributed by atoms with van der Waals surface area (Å²) in [5.74, 6) is 1.40. The van der Waals surface area contributed by atoms with E-state index >= 15 is 0 Å². The van der Waals surface area contributed by atoms with Crippen molar-refractivity contribution in [2.75, 3.05) is 32.1 Å². The van der Waals surface area contributed by atoms with E-state index in [1.54, 1.807) is 6.33 Å². The second-order valence-electron chi connectivity index (χ2n) is 5.82. The standard InChI is InChI=1S/C15H20N8O/c1-16-14-12-15(18-9-17-12)21-13(20-14)11-8-23(5-6-24-11)7-10-3-4-19-22(10)2/h3-4,9,11H,5-8H2,1-2H3,(H2,16,17,18,20,21). The van der Waals surface area contributed by atoms with Gasteiger partial charge in [-0.25, -0.2) is 15.0 Å². The van der Waals surface area contributed by atoms with Gasteiger partial charge in [0.05, 0.1) is 18.6 Å². The van der Waals surface area contributed by atoms with E-state index in [9.17, 15) is 0 Å². The molecular formula is C15H20N8O. The highest BCUT2D eigenvalue weighted by molar-refractivity contribution is 5.82. The van der Waals surface area contributed by atoms with Crippen LogP contribution in [-0.4, -0.2) is 61.4 Å². The minimum atomic E-state index is -0.167. The highest BCUT2D eigenvalue weighted by Gasteiger charge is 2.26. The zero-order valence-corrected chi connectivity index (χ0v) is 13.7. The summed E-state index contributed by atoms with van der Waals surface area (Å²) in [6.07, 6.45) is 3.28. The number of aryl methyl sites for hydroxylation is 1. The Bertz CT molecular complexity index is 841. The highest BCUT2D eigenvalue weighted by atomic mass is 16.5. The van der Waals surface area contributed by atoms with Crippen molar-refractivity contribution in [1.82, 2.24) is 34.6 Å². The summed E-state index contributed by atoms with van der Waals surface area (Å²) in [4.78, 5) is 18.8.